The summed E-state index contributed by atoms with van der Waals surface area (Å²) in [6.07, 6.45) is 2.62. The van der Waals surface area contributed by atoms with Crippen LogP contribution in [0.2, 0.25) is 5.28 Å². The van der Waals surface area contributed by atoms with E-state index in [1.54, 1.807) is 15.5 Å². The van der Waals surface area contributed by atoms with E-state index >= 15 is 0 Å². The number of likely N-dealkylation sites (tertiary alicyclic amines) is 1. The van der Waals surface area contributed by atoms with Crippen molar-refractivity contribution >= 4 is 34.2 Å². The van der Waals surface area contributed by atoms with Crippen molar-refractivity contribution in [3.8, 4) is 0 Å². The van der Waals surface area contributed by atoms with Gasteiger partial charge in [0.2, 0.25) is 11.2 Å². The summed E-state index contributed by atoms with van der Waals surface area (Å²) in [5.41, 5.74) is 1.13. The van der Waals surface area contributed by atoms with E-state index in [1.807, 2.05) is 0 Å². The number of rotatable bonds is 5. The summed E-state index contributed by atoms with van der Waals surface area (Å²) in [7, 11) is 0. The average molecular weight is 337 g/mol. The summed E-state index contributed by atoms with van der Waals surface area (Å²) in [6, 6.07) is 4.41. The van der Waals surface area contributed by atoms with Crippen LogP contribution in [-0.2, 0) is 11.5 Å². The Morgan fingerprint density at radius 2 is 2.26 bits per heavy atom. The largest absolute Gasteiger partial charge is 0.324 e. The number of imidazole rings is 1. The quantitative estimate of drug-likeness (QED) is 0.620. The summed E-state index contributed by atoms with van der Waals surface area (Å²) in [6.45, 7) is 3.07. The molecule has 2 heterocycles. The van der Waals surface area contributed by atoms with E-state index in [0.717, 1.165) is 12.8 Å². The number of hydrogen-bond acceptors (Lipinski definition) is 4. The van der Waals surface area contributed by atoms with Crippen molar-refractivity contribution in [2.24, 2.45) is 5.92 Å². The molecular weight excluding hydrogens is 320 g/mol. The summed E-state index contributed by atoms with van der Waals surface area (Å²) >= 11 is 6.17. The molecule has 0 N–H and O–H groups in total. The zero-order valence-corrected chi connectivity index (χ0v) is 13.5. The van der Waals surface area contributed by atoms with E-state index in [2.05, 4.69) is 11.9 Å². The number of nitro groups is 1. The van der Waals surface area contributed by atoms with Crippen LogP contribution in [-0.4, -0.2) is 31.8 Å². The third-order valence-corrected chi connectivity index (χ3v) is 4.49. The maximum absolute atomic E-state index is 12.1. The van der Waals surface area contributed by atoms with Crippen molar-refractivity contribution in [3.05, 3.63) is 33.6 Å². The van der Waals surface area contributed by atoms with Crippen molar-refractivity contribution in [1.29, 1.82) is 0 Å². The molecule has 1 aliphatic rings. The molecule has 23 heavy (non-hydrogen) atoms. The van der Waals surface area contributed by atoms with Crippen LogP contribution < -0.4 is 0 Å². The Balaban J connectivity index is 1.90. The van der Waals surface area contributed by atoms with Crippen molar-refractivity contribution in [1.82, 2.24) is 14.5 Å². The van der Waals surface area contributed by atoms with Crippen molar-refractivity contribution < 1.29 is 9.72 Å². The minimum atomic E-state index is -0.455. The van der Waals surface area contributed by atoms with Gasteiger partial charge in [-0.25, -0.2) is 4.98 Å². The number of fused-ring (bicyclic) bond motifs is 1. The Morgan fingerprint density at radius 3 is 2.96 bits per heavy atom. The summed E-state index contributed by atoms with van der Waals surface area (Å²) in [5.74, 6) is 0.460. The molecule has 3 rings (SSSR count). The van der Waals surface area contributed by atoms with Crippen LogP contribution in [0.5, 0.6) is 0 Å². The highest BCUT2D eigenvalue weighted by Gasteiger charge is 2.29. The lowest BCUT2D eigenvalue weighted by Gasteiger charge is -2.18. The maximum atomic E-state index is 12.1. The number of aromatic nitrogens is 2. The number of benzene rings is 1. The lowest BCUT2D eigenvalue weighted by atomic mass is 10.0. The van der Waals surface area contributed by atoms with E-state index in [9.17, 15) is 14.9 Å². The molecule has 0 saturated carbocycles. The van der Waals surface area contributed by atoms with Crippen LogP contribution in [0.25, 0.3) is 11.0 Å². The van der Waals surface area contributed by atoms with Crippen molar-refractivity contribution in [2.45, 2.75) is 32.9 Å². The highest BCUT2D eigenvalue weighted by Crippen LogP contribution is 2.27. The highest BCUT2D eigenvalue weighted by atomic mass is 35.5. The predicted molar refractivity (Wildman–Crippen MR) is 86.1 cm³/mol. The van der Waals surface area contributed by atoms with Gasteiger partial charge >= 0.3 is 0 Å². The first-order valence-corrected chi connectivity index (χ1v) is 7.95. The Labute approximate surface area is 138 Å². The van der Waals surface area contributed by atoms with Gasteiger partial charge in [-0.1, -0.05) is 13.3 Å². The molecule has 1 aliphatic heterocycles. The monoisotopic (exact) mass is 336 g/mol. The second-order valence-corrected chi connectivity index (χ2v) is 6.19. The van der Waals surface area contributed by atoms with E-state index < -0.39 is 4.92 Å². The lowest BCUT2D eigenvalue weighted by Crippen LogP contribution is -2.28. The molecule has 1 aromatic carbocycles. The minimum absolute atomic E-state index is 0.0214. The third kappa shape index (κ3) is 3.01. The molecule has 1 amide bonds. The Hall–Kier alpha value is -2.15. The van der Waals surface area contributed by atoms with E-state index in [-0.39, 0.29) is 23.5 Å². The van der Waals surface area contributed by atoms with Gasteiger partial charge in [0.1, 0.15) is 6.67 Å². The number of nitrogens with zero attached hydrogens (tertiary/aromatic N) is 4. The molecule has 7 nitrogen and oxygen atoms in total. The van der Waals surface area contributed by atoms with E-state index in [1.165, 1.54) is 12.1 Å². The van der Waals surface area contributed by atoms with Gasteiger partial charge in [0.15, 0.2) is 0 Å². The minimum Gasteiger partial charge on any atom is -0.324 e. The standard InChI is InChI=1S/C15H17ClN4O3/c1-2-3-10-6-14(21)18(8-10)9-19-13-7-11(20(22)23)4-5-12(13)17-15(19)16/h4-5,7,10H,2-3,6,8-9H2,1H3. The fraction of sp³-hybridized carbons (Fsp3) is 0.467. The number of non-ortho nitro benzene ring substituents is 1. The molecule has 0 radical (unpaired) electrons. The number of carbonyl (C=O) groups excluding carboxylic acids is 1. The number of nitro benzene ring substituents is 1. The topological polar surface area (TPSA) is 81.3 Å². The van der Waals surface area contributed by atoms with Gasteiger partial charge in [-0.2, -0.15) is 0 Å². The lowest BCUT2D eigenvalue weighted by molar-refractivity contribution is -0.384. The zero-order chi connectivity index (χ0) is 16.6. The van der Waals surface area contributed by atoms with Gasteiger partial charge < -0.3 is 4.90 Å². The molecule has 1 atom stereocenters. The number of amides is 1. The van der Waals surface area contributed by atoms with Crippen LogP contribution in [0.15, 0.2) is 18.2 Å². The molecule has 2 aromatic rings. The molecule has 1 aromatic heterocycles. The van der Waals surface area contributed by atoms with Gasteiger partial charge in [-0.05, 0) is 30.0 Å². The van der Waals surface area contributed by atoms with Gasteiger partial charge in [-0.3, -0.25) is 19.5 Å². The van der Waals surface area contributed by atoms with Crippen molar-refractivity contribution in [2.75, 3.05) is 6.54 Å². The summed E-state index contributed by atoms with van der Waals surface area (Å²) in [4.78, 5) is 28.6. The SMILES string of the molecule is CCCC1CC(=O)N(Cn2c(Cl)nc3ccc([N+](=O)[O-])cc32)C1. The van der Waals surface area contributed by atoms with E-state index in [4.69, 9.17) is 11.6 Å². The molecule has 0 bridgehead atoms. The highest BCUT2D eigenvalue weighted by molar-refractivity contribution is 6.29. The second-order valence-electron chi connectivity index (χ2n) is 5.86. The number of carbonyl (C=O) groups is 1. The molecule has 1 saturated heterocycles. The van der Waals surface area contributed by atoms with Crippen LogP contribution >= 0.6 is 11.6 Å². The number of halogens is 1. The van der Waals surface area contributed by atoms with Gasteiger partial charge in [-0.15, -0.1) is 0 Å². The molecule has 122 valence electrons. The van der Waals surface area contributed by atoms with Crippen LogP contribution in [0.4, 0.5) is 5.69 Å². The molecule has 1 fully saturated rings. The second kappa shape index (κ2) is 6.16. The molecule has 0 spiro atoms. The molecule has 8 heteroatoms. The van der Waals surface area contributed by atoms with Gasteiger partial charge in [0.05, 0.1) is 16.0 Å². The summed E-state index contributed by atoms with van der Waals surface area (Å²) in [5, 5.41) is 11.2. The Kier molecular flexibility index (Phi) is 4.21. The fourth-order valence-electron chi connectivity index (χ4n) is 3.09. The normalized spacial score (nSPS) is 18.1. The zero-order valence-electron chi connectivity index (χ0n) is 12.7. The maximum Gasteiger partial charge on any atom is 0.271 e. The van der Waals surface area contributed by atoms with Gasteiger partial charge in [0, 0.05) is 25.1 Å². The Morgan fingerprint density at radius 1 is 1.48 bits per heavy atom. The molecule has 1 unspecified atom stereocenters. The van der Waals surface area contributed by atoms with E-state index in [0.29, 0.717) is 29.9 Å². The first kappa shape index (κ1) is 15.7. The van der Waals surface area contributed by atoms with Gasteiger partial charge in [0.25, 0.3) is 5.69 Å². The van der Waals surface area contributed by atoms with Crippen LogP contribution in [0, 0.1) is 16.0 Å². The van der Waals surface area contributed by atoms with Crippen molar-refractivity contribution in [3.63, 3.8) is 0 Å². The van der Waals surface area contributed by atoms with Crippen LogP contribution in [0.3, 0.4) is 0 Å². The van der Waals surface area contributed by atoms with Crippen LogP contribution in [0.1, 0.15) is 26.2 Å². The fourth-order valence-corrected chi connectivity index (χ4v) is 3.33. The average Bonchev–Trinajstić information content (AvgIpc) is 3.00. The Bertz CT molecular complexity index is 773. The first-order chi connectivity index (χ1) is 11.0. The first-order valence-electron chi connectivity index (χ1n) is 7.57. The summed E-state index contributed by atoms with van der Waals surface area (Å²) < 4.78 is 1.65. The molecular formula is C15H17ClN4O3. The predicted octanol–water partition coefficient (Wildman–Crippen LogP) is 3.20. The third-order valence-electron chi connectivity index (χ3n) is 4.20. The number of hydrogen-bond donors (Lipinski definition) is 0. The molecule has 0 aliphatic carbocycles. The smallest absolute Gasteiger partial charge is 0.271 e.